The fourth-order valence-electron chi connectivity index (χ4n) is 2.47. The Hall–Kier alpha value is -2.73. The second-order valence-corrected chi connectivity index (χ2v) is 6.10. The minimum atomic E-state index is -0.211. The minimum absolute atomic E-state index is 0.211. The number of hydrogen-bond donors (Lipinski definition) is 1. The van der Waals surface area contributed by atoms with Crippen LogP contribution in [0.3, 0.4) is 0 Å². The standard InChI is InChI=1S/C17H14ClN5O/c18-12-2-1-3-14(10-12)23-16(11-6-8-19-9-7-11)15(21-22-23)17(24)20-13-4-5-13/h1-3,6-10,13H,4-5H2,(H,20,24). The molecule has 1 aliphatic carbocycles. The lowest BCUT2D eigenvalue weighted by Crippen LogP contribution is -2.26. The van der Waals surface area contributed by atoms with E-state index in [9.17, 15) is 4.79 Å². The molecule has 1 fully saturated rings. The van der Waals surface area contributed by atoms with Crippen molar-refractivity contribution < 1.29 is 4.79 Å². The lowest BCUT2D eigenvalue weighted by Gasteiger charge is -2.08. The number of carbonyl (C=O) groups excluding carboxylic acids is 1. The average molecular weight is 340 g/mol. The summed E-state index contributed by atoms with van der Waals surface area (Å²) < 4.78 is 1.63. The SMILES string of the molecule is O=C(NC1CC1)c1nnn(-c2cccc(Cl)c2)c1-c1ccncc1. The summed E-state index contributed by atoms with van der Waals surface area (Å²) in [7, 11) is 0. The van der Waals surface area contributed by atoms with Crippen molar-refractivity contribution >= 4 is 17.5 Å². The fourth-order valence-corrected chi connectivity index (χ4v) is 2.66. The molecule has 6 nitrogen and oxygen atoms in total. The van der Waals surface area contributed by atoms with Gasteiger partial charge < -0.3 is 5.32 Å². The summed E-state index contributed by atoms with van der Waals surface area (Å²) in [5, 5.41) is 11.8. The first-order valence-corrected chi connectivity index (χ1v) is 8.03. The molecule has 0 spiro atoms. The predicted octanol–water partition coefficient (Wildman–Crippen LogP) is 2.87. The van der Waals surface area contributed by atoms with Crippen LogP contribution in [0.2, 0.25) is 5.02 Å². The molecule has 2 heterocycles. The molecule has 0 radical (unpaired) electrons. The quantitative estimate of drug-likeness (QED) is 0.793. The monoisotopic (exact) mass is 339 g/mol. The Labute approximate surface area is 143 Å². The third-order valence-electron chi connectivity index (χ3n) is 3.80. The van der Waals surface area contributed by atoms with Crippen molar-refractivity contribution in [3.63, 3.8) is 0 Å². The third kappa shape index (κ3) is 2.88. The maximum absolute atomic E-state index is 12.5. The molecular weight excluding hydrogens is 326 g/mol. The topological polar surface area (TPSA) is 72.7 Å². The Morgan fingerprint density at radius 1 is 1.21 bits per heavy atom. The molecule has 1 aromatic carbocycles. The van der Waals surface area contributed by atoms with E-state index in [-0.39, 0.29) is 11.9 Å². The molecule has 3 aromatic rings. The van der Waals surface area contributed by atoms with Crippen LogP contribution in [0.25, 0.3) is 16.9 Å². The Morgan fingerprint density at radius 3 is 2.71 bits per heavy atom. The van der Waals surface area contributed by atoms with E-state index in [2.05, 4.69) is 20.6 Å². The van der Waals surface area contributed by atoms with Crippen LogP contribution in [-0.4, -0.2) is 31.9 Å². The lowest BCUT2D eigenvalue weighted by molar-refractivity contribution is 0.0946. The summed E-state index contributed by atoms with van der Waals surface area (Å²) >= 11 is 6.09. The van der Waals surface area contributed by atoms with Crippen LogP contribution in [-0.2, 0) is 0 Å². The molecule has 1 aliphatic rings. The molecular formula is C17H14ClN5O. The Balaban J connectivity index is 1.84. The van der Waals surface area contributed by atoms with Gasteiger partial charge in [-0.3, -0.25) is 9.78 Å². The summed E-state index contributed by atoms with van der Waals surface area (Å²) in [6, 6.07) is 11.2. The van der Waals surface area contributed by atoms with Gasteiger partial charge in [0.1, 0.15) is 5.69 Å². The number of pyridine rings is 1. The number of nitrogens with one attached hydrogen (secondary N) is 1. The molecule has 24 heavy (non-hydrogen) atoms. The first-order valence-electron chi connectivity index (χ1n) is 7.65. The van der Waals surface area contributed by atoms with E-state index in [1.165, 1.54) is 0 Å². The number of hydrogen-bond acceptors (Lipinski definition) is 4. The molecule has 7 heteroatoms. The number of carbonyl (C=O) groups is 1. The molecule has 4 rings (SSSR count). The smallest absolute Gasteiger partial charge is 0.274 e. The van der Waals surface area contributed by atoms with E-state index in [0.717, 1.165) is 24.1 Å². The van der Waals surface area contributed by atoms with Gasteiger partial charge in [-0.25, -0.2) is 4.68 Å². The van der Waals surface area contributed by atoms with E-state index in [4.69, 9.17) is 11.6 Å². The van der Waals surface area contributed by atoms with Crippen LogP contribution in [0, 0.1) is 0 Å². The van der Waals surface area contributed by atoms with Crippen LogP contribution in [0.1, 0.15) is 23.3 Å². The molecule has 0 atom stereocenters. The number of aromatic nitrogens is 4. The minimum Gasteiger partial charge on any atom is -0.348 e. The zero-order valence-corrected chi connectivity index (χ0v) is 13.4. The summed E-state index contributed by atoms with van der Waals surface area (Å²) in [6.45, 7) is 0. The van der Waals surface area contributed by atoms with Gasteiger partial charge >= 0.3 is 0 Å². The van der Waals surface area contributed by atoms with Gasteiger partial charge in [0.15, 0.2) is 5.69 Å². The highest BCUT2D eigenvalue weighted by atomic mass is 35.5. The predicted molar refractivity (Wildman–Crippen MR) is 90.1 cm³/mol. The van der Waals surface area contributed by atoms with E-state index >= 15 is 0 Å². The number of rotatable bonds is 4. The maximum atomic E-state index is 12.5. The van der Waals surface area contributed by atoms with Gasteiger partial charge in [-0.2, -0.15) is 0 Å². The summed E-state index contributed by atoms with van der Waals surface area (Å²) in [6.07, 6.45) is 5.37. The zero-order valence-electron chi connectivity index (χ0n) is 12.7. The highest BCUT2D eigenvalue weighted by Gasteiger charge is 2.28. The first kappa shape index (κ1) is 14.8. The Kier molecular flexibility index (Phi) is 3.74. The number of halogens is 1. The average Bonchev–Trinajstić information content (AvgIpc) is 3.29. The Bertz CT molecular complexity index is 889. The number of nitrogens with zero attached hydrogens (tertiary/aromatic N) is 4. The van der Waals surface area contributed by atoms with Crippen LogP contribution < -0.4 is 5.32 Å². The van der Waals surface area contributed by atoms with Gasteiger partial charge in [0.2, 0.25) is 0 Å². The molecule has 1 amide bonds. The molecule has 0 saturated heterocycles. The van der Waals surface area contributed by atoms with Gasteiger partial charge in [-0.15, -0.1) is 5.10 Å². The maximum Gasteiger partial charge on any atom is 0.274 e. The van der Waals surface area contributed by atoms with E-state index in [1.54, 1.807) is 29.2 Å². The van der Waals surface area contributed by atoms with Gasteiger partial charge in [0, 0.05) is 29.0 Å². The molecule has 2 aromatic heterocycles. The first-order chi connectivity index (χ1) is 11.7. The number of benzene rings is 1. The molecule has 0 bridgehead atoms. The van der Waals surface area contributed by atoms with Crippen molar-refractivity contribution in [2.45, 2.75) is 18.9 Å². The summed E-state index contributed by atoms with van der Waals surface area (Å²) in [5.74, 6) is -0.211. The van der Waals surface area contributed by atoms with Gasteiger partial charge in [-0.05, 0) is 43.2 Å². The van der Waals surface area contributed by atoms with Gasteiger partial charge in [-0.1, -0.05) is 22.9 Å². The van der Waals surface area contributed by atoms with Crippen molar-refractivity contribution in [3.05, 3.63) is 59.5 Å². The number of amides is 1. The van der Waals surface area contributed by atoms with E-state index in [1.807, 2.05) is 24.3 Å². The van der Waals surface area contributed by atoms with E-state index in [0.29, 0.717) is 16.4 Å². The molecule has 1 saturated carbocycles. The van der Waals surface area contributed by atoms with Gasteiger partial charge in [0.25, 0.3) is 5.91 Å². The van der Waals surface area contributed by atoms with Crippen molar-refractivity contribution in [1.29, 1.82) is 0 Å². The van der Waals surface area contributed by atoms with Crippen molar-refractivity contribution in [2.75, 3.05) is 0 Å². The largest absolute Gasteiger partial charge is 0.348 e. The van der Waals surface area contributed by atoms with E-state index < -0.39 is 0 Å². The normalized spacial score (nSPS) is 13.7. The van der Waals surface area contributed by atoms with Crippen LogP contribution >= 0.6 is 11.6 Å². The lowest BCUT2D eigenvalue weighted by atomic mass is 10.1. The Morgan fingerprint density at radius 2 is 2.00 bits per heavy atom. The van der Waals surface area contributed by atoms with Crippen molar-refractivity contribution in [3.8, 4) is 16.9 Å². The van der Waals surface area contributed by atoms with Gasteiger partial charge in [0.05, 0.1) is 5.69 Å². The van der Waals surface area contributed by atoms with Crippen molar-refractivity contribution in [1.82, 2.24) is 25.3 Å². The fraction of sp³-hybridized carbons (Fsp3) is 0.176. The molecule has 1 N–H and O–H groups in total. The third-order valence-corrected chi connectivity index (χ3v) is 4.04. The highest BCUT2D eigenvalue weighted by Crippen LogP contribution is 2.27. The van der Waals surface area contributed by atoms with Crippen LogP contribution in [0.15, 0.2) is 48.8 Å². The second kappa shape index (κ2) is 6.05. The molecule has 0 aliphatic heterocycles. The molecule has 0 unspecified atom stereocenters. The zero-order chi connectivity index (χ0) is 16.5. The van der Waals surface area contributed by atoms with Crippen LogP contribution in [0.4, 0.5) is 0 Å². The highest BCUT2D eigenvalue weighted by molar-refractivity contribution is 6.30. The molecule has 120 valence electrons. The summed E-state index contributed by atoms with van der Waals surface area (Å²) in [4.78, 5) is 16.6. The second-order valence-electron chi connectivity index (χ2n) is 5.66. The van der Waals surface area contributed by atoms with Crippen molar-refractivity contribution in [2.24, 2.45) is 0 Å². The van der Waals surface area contributed by atoms with Crippen LogP contribution in [0.5, 0.6) is 0 Å². The summed E-state index contributed by atoms with van der Waals surface area (Å²) in [5.41, 5.74) is 2.48.